The van der Waals surface area contributed by atoms with Crippen LogP contribution in [0.4, 0.5) is 5.69 Å². The highest BCUT2D eigenvalue weighted by Gasteiger charge is 2.22. The minimum Gasteiger partial charge on any atom is -0.376 e. The second-order valence-corrected chi connectivity index (χ2v) is 7.25. The standard InChI is InChI=1S/C22H25N5O2.2ClH/c1-17-7-9-18(10-8-17)22-24-20(29-25-22)16-26-11-13-27(14-12-26)21(28)15-23-19-5-3-2-4-6-19;;/h2-10,23H,11-16H2,1H3;2*1H. The molecule has 9 heteroatoms. The molecule has 31 heavy (non-hydrogen) atoms. The van der Waals surface area contributed by atoms with Crippen molar-refractivity contribution >= 4 is 36.4 Å². The van der Waals surface area contributed by atoms with Gasteiger partial charge in [-0.1, -0.05) is 53.2 Å². The van der Waals surface area contributed by atoms with Crippen LogP contribution in [0.15, 0.2) is 59.1 Å². The highest BCUT2D eigenvalue weighted by Crippen LogP contribution is 2.17. The van der Waals surface area contributed by atoms with Gasteiger partial charge in [-0.3, -0.25) is 9.69 Å². The summed E-state index contributed by atoms with van der Waals surface area (Å²) in [6.45, 7) is 5.95. The summed E-state index contributed by atoms with van der Waals surface area (Å²) in [7, 11) is 0. The van der Waals surface area contributed by atoms with E-state index in [1.807, 2.05) is 66.4 Å². The van der Waals surface area contributed by atoms with Crippen LogP contribution in [-0.2, 0) is 11.3 Å². The van der Waals surface area contributed by atoms with Gasteiger partial charge in [-0.05, 0) is 19.1 Å². The molecule has 0 bridgehead atoms. The van der Waals surface area contributed by atoms with Crippen molar-refractivity contribution < 1.29 is 9.32 Å². The van der Waals surface area contributed by atoms with E-state index in [-0.39, 0.29) is 30.7 Å². The SMILES string of the molecule is Cc1ccc(-c2noc(CN3CCN(C(=O)CNc4ccccc4)CC3)n2)cc1.Cl.Cl. The van der Waals surface area contributed by atoms with Crippen LogP contribution < -0.4 is 5.32 Å². The van der Waals surface area contributed by atoms with Gasteiger partial charge in [0, 0.05) is 37.4 Å². The summed E-state index contributed by atoms with van der Waals surface area (Å²) in [5.74, 6) is 1.33. The quantitative estimate of drug-likeness (QED) is 0.601. The Kier molecular flexibility index (Phi) is 9.30. The highest BCUT2D eigenvalue weighted by molar-refractivity contribution is 5.85. The molecule has 2 heterocycles. The molecule has 0 saturated carbocycles. The number of nitrogens with zero attached hydrogens (tertiary/aromatic N) is 4. The Hall–Kier alpha value is -2.61. The number of hydrogen-bond donors (Lipinski definition) is 1. The molecule has 1 aromatic heterocycles. The van der Waals surface area contributed by atoms with Crippen LogP contribution in [0.25, 0.3) is 11.4 Å². The molecule has 1 saturated heterocycles. The van der Waals surface area contributed by atoms with Gasteiger partial charge in [0.15, 0.2) is 0 Å². The molecule has 0 atom stereocenters. The topological polar surface area (TPSA) is 74.5 Å². The maximum Gasteiger partial charge on any atom is 0.241 e. The lowest BCUT2D eigenvalue weighted by Crippen LogP contribution is -2.49. The predicted octanol–water partition coefficient (Wildman–Crippen LogP) is 3.64. The monoisotopic (exact) mass is 463 g/mol. The fraction of sp³-hybridized carbons (Fsp3) is 0.318. The van der Waals surface area contributed by atoms with Crippen LogP contribution in [0.2, 0.25) is 0 Å². The summed E-state index contributed by atoms with van der Waals surface area (Å²) in [6.07, 6.45) is 0. The van der Waals surface area contributed by atoms with Crippen molar-refractivity contribution in [1.29, 1.82) is 0 Å². The maximum atomic E-state index is 12.4. The smallest absolute Gasteiger partial charge is 0.241 e. The summed E-state index contributed by atoms with van der Waals surface area (Å²) in [6, 6.07) is 17.8. The Morgan fingerprint density at radius 2 is 1.68 bits per heavy atom. The lowest BCUT2D eigenvalue weighted by atomic mass is 10.1. The minimum absolute atomic E-state index is 0. The molecule has 1 N–H and O–H groups in total. The van der Waals surface area contributed by atoms with E-state index in [9.17, 15) is 4.79 Å². The summed E-state index contributed by atoms with van der Waals surface area (Å²) in [5, 5.41) is 7.27. The third kappa shape index (κ3) is 6.69. The molecule has 1 amide bonds. The molecule has 1 aliphatic heterocycles. The second kappa shape index (κ2) is 11.7. The van der Waals surface area contributed by atoms with E-state index in [0.29, 0.717) is 37.9 Å². The van der Waals surface area contributed by atoms with E-state index in [1.54, 1.807) is 0 Å². The van der Waals surface area contributed by atoms with Gasteiger partial charge in [-0.15, -0.1) is 24.8 Å². The predicted molar refractivity (Wildman–Crippen MR) is 126 cm³/mol. The van der Waals surface area contributed by atoms with Gasteiger partial charge in [-0.25, -0.2) is 0 Å². The molecule has 0 aliphatic carbocycles. The minimum atomic E-state index is 0. The molecule has 1 fully saturated rings. The van der Waals surface area contributed by atoms with Crippen LogP contribution in [0.3, 0.4) is 0 Å². The van der Waals surface area contributed by atoms with Crippen LogP contribution in [0.1, 0.15) is 11.5 Å². The van der Waals surface area contributed by atoms with Crippen molar-refractivity contribution in [3.05, 3.63) is 66.1 Å². The first kappa shape index (κ1) is 24.7. The third-order valence-electron chi connectivity index (χ3n) is 5.08. The zero-order valence-corrected chi connectivity index (χ0v) is 19.0. The van der Waals surface area contributed by atoms with Crippen molar-refractivity contribution in [2.75, 3.05) is 38.0 Å². The van der Waals surface area contributed by atoms with Crippen molar-refractivity contribution in [3.8, 4) is 11.4 Å². The molecular formula is C22H27Cl2N5O2. The first-order valence-electron chi connectivity index (χ1n) is 9.86. The molecule has 4 rings (SSSR count). The summed E-state index contributed by atoms with van der Waals surface area (Å²) in [5.41, 5.74) is 3.11. The first-order valence-corrected chi connectivity index (χ1v) is 9.86. The van der Waals surface area contributed by atoms with Gasteiger partial charge < -0.3 is 14.7 Å². The van der Waals surface area contributed by atoms with Crippen molar-refractivity contribution in [2.45, 2.75) is 13.5 Å². The van der Waals surface area contributed by atoms with E-state index < -0.39 is 0 Å². The normalized spacial score (nSPS) is 13.8. The van der Waals surface area contributed by atoms with Crippen molar-refractivity contribution in [1.82, 2.24) is 19.9 Å². The van der Waals surface area contributed by atoms with Gasteiger partial charge >= 0.3 is 0 Å². The number of carbonyl (C=O) groups is 1. The summed E-state index contributed by atoms with van der Waals surface area (Å²) in [4.78, 5) is 21.1. The number of nitrogens with one attached hydrogen (secondary N) is 1. The largest absolute Gasteiger partial charge is 0.376 e. The van der Waals surface area contributed by atoms with E-state index >= 15 is 0 Å². The van der Waals surface area contributed by atoms with Crippen LogP contribution >= 0.6 is 24.8 Å². The molecule has 0 radical (unpaired) electrons. The van der Waals surface area contributed by atoms with E-state index in [1.165, 1.54) is 5.56 Å². The van der Waals surface area contributed by atoms with Gasteiger partial charge in [0.25, 0.3) is 0 Å². The number of piperazine rings is 1. The van der Waals surface area contributed by atoms with E-state index in [4.69, 9.17) is 4.52 Å². The number of rotatable bonds is 6. The Morgan fingerprint density at radius 1 is 1.00 bits per heavy atom. The number of amides is 1. The van der Waals surface area contributed by atoms with Gasteiger partial charge in [-0.2, -0.15) is 4.98 Å². The van der Waals surface area contributed by atoms with Gasteiger partial charge in [0.1, 0.15) is 0 Å². The Balaban J connectivity index is 0.00000171. The highest BCUT2D eigenvalue weighted by atomic mass is 35.5. The van der Waals surface area contributed by atoms with Gasteiger partial charge in [0.2, 0.25) is 17.6 Å². The average molecular weight is 464 g/mol. The second-order valence-electron chi connectivity index (χ2n) is 7.25. The molecule has 166 valence electrons. The lowest BCUT2D eigenvalue weighted by molar-refractivity contribution is -0.131. The summed E-state index contributed by atoms with van der Waals surface area (Å²) >= 11 is 0. The van der Waals surface area contributed by atoms with Gasteiger partial charge in [0.05, 0.1) is 13.1 Å². The van der Waals surface area contributed by atoms with Crippen LogP contribution in [0.5, 0.6) is 0 Å². The first-order chi connectivity index (χ1) is 14.2. The molecule has 0 unspecified atom stereocenters. The van der Waals surface area contributed by atoms with E-state index in [0.717, 1.165) is 24.3 Å². The fourth-order valence-corrected chi connectivity index (χ4v) is 3.33. The number of halogens is 2. The summed E-state index contributed by atoms with van der Waals surface area (Å²) < 4.78 is 5.42. The fourth-order valence-electron chi connectivity index (χ4n) is 3.33. The number of carbonyl (C=O) groups excluding carboxylic acids is 1. The maximum absolute atomic E-state index is 12.4. The third-order valence-corrected chi connectivity index (χ3v) is 5.08. The zero-order chi connectivity index (χ0) is 20.1. The number of aromatic nitrogens is 2. The number of para-hydroxylation sites is 1. The molecule has 3 aromatic rings. The van der Waals surface area contributed by atoms with E-state index in [2.05, 4.69) is 20.4 Å². The molecular weight excluding hydrogens is 437 g/mol. The average Bonchev–Trinajstić information content (AvgIpc) is 3.22. The van der Waals surface area contributed by atoms with Crippen molar-refractivity contribution in [3.63, 3.8) is 0 Å². The molecule has 7 nitrogen and oxygen atoms in total. The molecule has 1 aliphatic rings. The lowest BCUT2D eigenvalue weighted by Gasteiger charge is -2.34. The zero-order valence-electron chi connectivity index (χ0n) is 17.4. The number of benzene rings is 2. The number of aryl methyl sites for hydroxylation is 1. The molecule has 2 aromatic carbocycles. The Bertz CT molecular complexity index is 942. The number of hydrogen-bond acceptors (Lipinski definition) is 6. The molecule has 0 spiro atoms. The number of anilines is 1. The van der Waals surface area contributed by atoms with Crippen LogP contribution in [-0.4, -0.2) is 58.6 Å². The Morgan fingerprint density at radius 3 is 2.35 bits per heavy atom. The van der Waals surface area contributed by atoms with Crippen LogP contribution in [0, 0.1) is 6.92 Å². The van der Waals surface area contributed by atoms with Crippen molar-refractivity contribution in [2.24, 2.45) is 0 Å². The Labute approximate surface area is 194 Å².